The third kappa shape index (κ3) is 72.6. The van der Waals surface area contributed by atoms with E-state index in [2.05, 4.69) is 112 Å². The Kier molecular flexibility index (Phi) is 67.6. The number of terminal acetylenes is 1. The van der Waals surface area contributed by atoms with Crippen LogP contribution in [-0.4, -0.2) is 5.54 Å². The SMILES string of the molecule is C#C.C/C=C(\C#CC(C)C)CC(CC(C)C)C(CCC)CCCCCCC.C/C=C/CC.CC.CC.CC(C)(C)N.CCC. The Morgan fingerprint density at radius 3 is 1.50 bits per heavy atom. The Bertz CT molecular complexity index is 594. The minimum atomic E-state index is 0. The maximum atomic E-state index is 5.35. The largest absolute Gasteiger partial charge is 0.326 e. The van der Waals surface area contributed by atoms with Gasteiger partial charge in [-0.25, -0.2) is 0 Å². The molecule has 0 fully saturated rings. The van der Waals surface area contributed by atoms with Crippen LogP contribution >= 0.6 is 0 Å². The van der Waals surface area contributed by atoms with Crippen molar-refractivity contribution in [2.45, 2.75) is 207 Å². The van der Waals surface area contributed by atoms with Gasteiger partial charge in [-0.1, -0.05) is 178 Å². The van der Waals surface area contributed by atoms with E-state index in [0.29, 0.717) is 5.92 Å². The first-order valence-corrected chi connectivity index (χ1v) is 18.7. The lowest BCUT2D eigenvalue weighted by Crippen LogP contribution is -2.26. The van der Waals surface area contributed by atoms with Gasteiger partial charge in [0.05, 0.1) is 0 Å². The highest BCUT2D eigenvalue weighted by molar-refractivity contribution is 5.29. The van der Waals surface area contributed by atoms with Crippen molar-refractivity contribution in [2.75, 3.05) is 0 Å². The molecule has 0 aliphatic rings. The number of hydrogen-bond donors (Lipinski definition) is 1. The normalized spacial score (nSPS) is 11.5. The van der Waals surface area contributed by atoms with Crippen LogP contribution in [0.5, 0.6) is 0 Å². The zero-order chi connectivity index (χ0) is 36.4. The molecule has 0 spiro atoms. The van der Waals surface area contributed by atoms with Gasteiger partial charge in [0.2, 0.25) is 0 Å². The van der Waals surface area contributed by atoms with Crippen molar-refractivity contribution < 1.29 is 0 Å². The van der Waals surface area contributed by atoms with Gasteiger partial charge >= 0.3 is 0 Å². The van der Waals surface area contributed by atoms with E-state index >= 15 is 0 Å². The Hall–Kier alpha value is -1.44. The maximum absolute atomic E-state index is 5.35. The van der Waals surface area contributed by atoms with E-state index in [0.717, 1.165) is 24.2 Å². The fraction of sp³-hybridized carbons (Fsp3) is 0.814. The smallest absolute Gasteiger partial charge is 0.0149 e. The molecule has 0 saturated heterocycles. The van der Waals surface area contributed by atoms with Crippen LogP contribution in [0, 0.1) is 48.4 Å². The Labute approximate surface area is 284 Å². The minimum Gasteiger partial charge on any atom is -0.326 e. The molecule has 44 heavy (non-hydrogen) atoms. The molecular weight excluding hydrogens is 530 g/mol. The predicted molar refractivity (Wildman–Crippen MR) is 213 cm³/mol. The van der Waals surface area contributed by atoms with Gasteiger partial charge in [-0.3, -0.25) is 0 Å². The molecule has 0 radical (unpaired) electrons. The van der Waals surface area contributed by atoms with Crippen molar-refractivity contribution in [3.05, 3.63) is 23.8 Å². The molecule has 0 aromatic carbocycles. The van der Waals surface area contributed by atoms with E-state index < -0.39 is 0 Å². The number of unbranched alkanes of at least 4 members (excludes halogenated alkanes) is 4. The summed E-state index contributed by atoms with van der Waals surface area (Å²) in [7, 11) is 0. The van der Waals surface area contributed by atoms with E-state index in [9.17, 15) is 0 Å². The molecule has 0 heterocycles. The van der Waals surface area contributed by atoms with E-state index in [1.165, 1.54) is 76.2 Å². The molecular formula is C43H89N. The van der Waals surface area contributed by atoms with Crippen LogP contribution in [0.4, 0.5) is 0 Å². The van der Waals surface area contributed by atoms with Crippen LogP contribution < -0.4 is 5.73 Å². The summed E-state index contributed by atoms with van der Waals surface area (Å²) in [6.45, 7) is 38.2. The van der Waals surface area contributed by atoms with Gasteiger partial charge in [-0.05, 0) is 77.2 Å². The molecule has 0 amide bonds. The molecule has 0 rings (SSSR count). The van der Waals surface area contributed by atoms with Crippen molar-refractivity contribution in [1.82, 2.24) is 0 Å². The molecule has 2 unspecified atom stereocenters. The monoisotopic (exact) mass is 620 g/mol. The average molecular weight is 620 g/mol. The third-order valence-corrected chi connectivity index (χ3v) is 5.60. The second kappa shape index (κ2) is 51.2. The summed E-state index contributed by atoms with van der Waals surface area (Å²) >= 11 is 0. The Morgan fingerprint density at radius 2 is 1.20 bits per heavy atom. The summed E-state index contributed by atoms with van der Waals surface area (Å²) in [5.41, 5.74) is 6.72. The van der Waals surface area contributed by atoms with Crippen LogP contribution in [0.15, 0.2) is 23.8 Å². The molecule has 0 bridgehead atoms. The highest BCUT2D eigenvalue weighted by atomic mass is 14.7. The van der Waals surface area contributed by atoms with Gasteiger partial charge in [-0.15, -0.1) is 12.8 Å². The highest BCUT2D eigenvalue weighted by Crippen LogP contribution is 2.34. The van der Waals surface area contributed by atoms with Crippen molar-refractivity contribution in [1.29, 1.82) is 0 Å². The quantitative estimate of drug-likeness (QED) is 0.117. The Balaban J connectivity index is -0.000000118. The van der Waals surface area contributed by atoms with E-state index in [1.807, 2.05) is 55.4 Å². The first-order chi connectivity index (χ1) is 20.8. The zero-order valence-corrected chi connectivity index (χ0v) is 34.3. The van der Waals surface area contributed by atoms with Gasteiger partial charge in [0.25, 0.3) is 0 Å². The fourth-order valence-electron chi connectivity index (χ4n) is 4.04. The first-order valence-electron chi connectivity index (χ1n) is 18.7. The molecule has 0 aliphatic heterocycles. The lowest BCUT2D eigenvalue weighted by Gasteiger charge is -2.29. The van der Waals surface area contributed by atoms with E-state index in [4.69, 9.17) is 5.73 Å². The average Bonchev–Trinajstić information content (AvgIpc) is 2.97. The predicted octanol–water partition coefficient (Wildman–Crippen LogP) is 14.9. The van der Waals surface area contributed by atoms with E-state index in [-0.39, 0.29) is 5.54 Å². The van der Waals surface area contributed by atoms with Crippen LogP contribution in [0.25, 0.3) is 0 Å². The molecule has 1 heteroatoms. The van der Waals surface area contributed by atoms with Crippen LogP contribution in [0.1, 0.15) is 202 Å². The van der Waals surface area contributed by atoms with Crippen LogP contribution in [-0.2, 0) is 0 Å². The van der Waals surface area contributed by atoms with Crippen molar-refractivity contribution >= 4 is 0 Å². The highest BCUT2D eigenvalue weighted by Gasteiger charge is 2.22. The topological polar surface area (TPSA) is 26.0 Å². The standard InChI is InChI=1S/C25H46.C5H10.C4H11N.C3H8.2C2H6.C2H2/c1-8-11-12-13-14-16-24(15-9-2)25(19-22(6)7)20-23(10-3)18-17-21(4)5;1-3-5-4-2;1-4(2,3)5;1-3-2;3*1-2/h10,21-22,24-25H,8-9,11-16,19-20H2,1-7H3;3,5H,4H2,1-2H3;5H2,1-3H3;3H2,1-2H3;2*1-2H3;1-2H/b23-10+;5-3+;;;;;. The number of hydrogen-bond acceptors (Lipinski definition) is 1. The summed E-state index contributed by atoms with van der Waals surface area (Å²) in [4.78, 5) is 0. The lowest BCUT2D eigenvalue weighted by molar-refractivity contribution is 0.244. The summed E-state index contributed by atoms with van der Waals surface area (Å²) in [5, 5.41) is 0. The van der Waals surface area contributed by atoms with Crippen molar-refractivity contribution in [2.24, 2.45) is 29.4 Å². The lowest BCUT2D eigenvalue weighted by atomic mass is 9.76. The van der Waals surface area contributed by atoms with Crippen molar-refractivity contribution in [3.63, 3.8) is 0 Å². The number of rotatable bonds is 14. The van der Waals surface area contributed by atoms with Gasteiger partial charge in [0, 0.05) is 11.5 Å². The molecule has 0 aromatic heterocycles. The van der Waals surface area contributed by atoms with Crippen LogP contribution in [0.3, 0.4) is 0 Å². The van der Waals surface area contributed by atoms with E-state index in [1.54, 1.807) is 0 Å². The van der Waals surface area contributed by atoms with Gasteiger partial charge in [-0.2, -0.15) is 0 Å². The van der Waals surface area contributed by atoms with Gasteiger partial charge < -0.3 is 5.73 Å². The fourth-order valence-corrected chi connectivity index (χ4v) is 4.04. The summed E-state index contributed by atoms with van der Waals surface area (Å²) in [6, 6.07) is 0. The summed E-state index contributed by atoms with van der Waals surface area (Å²) < 4.78 is 0. The molecule has 2 N–H and O–H groups in total. The van der Waals surface area contributed by atoms with Crippen molar-refractivity contribution in [3.8, 4) is 24.7 Å². The zero-order valence-electron chi connectivity index (χ0n) is 34.3. The molecule has 266 valence electrons. The molecule has 0 aromatic rings. The van der Waals surface area contributed by atoms with Gasteiger partial charge in [0.15, 0.2) is 0 Å². The first kappa shape index (κ1) is 58.1. The van der Waals surface area contributed by atoms with Crippen LogP contribution in [0.2, 0.25) is 0 Å². The second-order valence-corrected chi connectivity index (χ2v) is 12.6. The summed E-state index contributed by atoms with van der Waals surface area (Å²) in [6.07, 6.45) is 30.5. The molecule has 1 nitrogen and oxygen atoms in total. The van der Waals surface area contributed by atoms with Gasteiger partial charge in [0.1, 0.15) is 0 Å². The number of nitrogens with two attached hydrogens (primary N) is 1. The Morgan fingerprint density at radius 1 is 0.750 bits per heavy atom. The molecule has 2 atom stereocenters. The second-order valence-electron chi connectivity index (χ2n) is 12.6. The molecule has 0 saturated carbocycles. The third-order valence-electron chi connectivity index (χ3n) is 5.60. The summed E-state index contributed by atoms with van der Waals surface area (Å²) in [5.74, 6) is 9.76. The maximum Gasteiger partial charge on any atom is 0.0149 e. The number of allylic oxidation sites excluding steroid dienone is 4. The molecule has 0 aliphatic carbocycles. The minimum absolute atomic E-state index is 0.